The molecule has 172 valence electrons. The molecular formula is C25H25FN2O5. The van der Waals surface area contributed by atoms with Crippen molar-refractivity contribution in [1.82, 2.24) is 4.90 Å². The highest BCUT2D eigenvalue weighted by molar-refractivity contribution is 5.99. The summed E-state index contributed by atoms with van der Waals surface area (Å²) in [5.41, 5.74) is 1.58. The van der Waals surface area contributed by atoms with Crippen LogP contribution in [0.4, 0.5) is 10.1 Å². The average Bonchev–Trinajstić information content (AvgIpc) is 3.28. The first-order valence-corrected chi connectivity index (χ1v) is 11.1. The number of hydrogen-bond acceptors (Lipinski definition) is 5. The van der Waals surface area contributed by atoms with Crippen LogP contribution in [0.3, 0.4) is 0 Å². The second kappa shape index (κ2) is 9.94. The van der Waals surface area contributed by atoms with E-state index in [1.54, 1.807) is 34.1 Å². The maximum absolute atomic E-state index is 13.1. The number of ether oxygens (including phenoxy) is 1. The molecule has 0 saturated carbocycles. The number of amides is 2. The fraction of sp³-hybridized carbons (Fsp3) is 0.360. The molecule has 7 nitrogen and oxygen atoms in total. The minimum atomic E-state index is -0.448. The van der Waals surface area contributed by atoms with Crippen LogP contribution in [-0.4, -0.2) is 54.7 Å². The van der Waals surface area contributed by atoms with Crippen molar-refractivity contribution in [2.45, 2.75) is 25.7 Å². The van der Waals surface area contributed by atoms with Crippen molar-refractivity contribution in [3.63, 3.8) is 0 Å². The number of carbonyl (C=O) groups is 4. The van der Waals surface area contributed by atoms with Gasteiger partial charge in [0.2, 0.25) is 5.91 Å². The van der Waals surface area contributed by atoms with Gasteiger partial charge in [0.25, 0.3) is 5.91 Å². The largest absolute Gasteiger partial charge is 0.457 e. The van der Waals surface area contributed by atoms with Crippen molar-refractivity contribution in [3.8, 4) is 0 Å². The molecule has 0 N–H and O–H groups in total. The van der Waals surface area contributed by atoms with Crippen LogP contribution in [0.15, 0.2) is 48.5 Å². The third-order valence-electron chi connectivity index (χ3n) is 6.13. The first-order valence-electron chi connectivity index (χ1n) is 11.1. The highest BCUT2D eigenvalue weighted by Crippen LogP contribution is 2.23. The number of anilines is 1. The molecule has 2 fully saturated rings. The molecule has 0 unspecified atom stereocenters. The lowest BCUT2D eigenvalue weighted by molar-refractivity contribution is -0.148. The van der Waals surface area contributed by atoms with E-state index in [0.717, 1.165) is 12.1 Å². The summed E-state index contributed by atoms with van der Waals surface area (Å²) in [5.74, 6) is -1.66. The number of carbonyl (C=O) groups excluding carboxylic acids is 4. The Morgan fingerprint density at radius 2 is 1.55 bits per heavy atom. The van der Waals surface area contributed by atoms with Gasteiger partial charge < -0.3 is 14.5 Å². The van der Waals surface area contributed by atoms with E-state index in [2.05, 4.69) is 0 Å². The van der Waals surface area contributed by atoms with Gasteiger partial charge in [0.15, 0.2) is 12.4 Å². The van der Waals surface area contributed by atoms with Crippen molar-refractivity contribution in [1.29, 1.82) is 0 Å². The molecule has 4 rings (SSSR count). The fourth-order valence-corrected chi connectivity index (χ4v) is 4.18. The lowest BCUT2D eigenvalue weighted by atomic mass is 9.96. The summed E-state index contributed by atoms with van der Waals surface area (Å²) in [6.07, 6.45) is 2.25. The molecule has 0 aromatic heterocycles. The number of rotatable bonds is 6. The van der Waals surface area contributed by atoms with Crippen molar-refractivity contribution < 1.29 is 28.3 Å². The van der Waals surface area contributed by atoms with E-state index in [1.165, 1.54) is 24.3 Å². The van der Waals surface area contributed by atoms with E-state index >= 15 is 0 Å². The van der Waals surface area contributed by atoms with E-state index in [4.69, 9.17) is 4.74 Å². The van der Waals surface area contributed by atoms with Crippen LogP contribution in [-0.2, 0) is 14.3 Å². The Kier molecular flexibility index (Phi) is 6.82. The standard InChI is InChI=1S/C25H25FN2O5/c26-20-7-3-18(4-8-20)24(31)27-14-11-19(12-15-27)25(32)33-16-22(29)17-5-9-21(10-6-17)28-13-1-2-23(28)30/h3-10,19H,1-2,11-16H2. The summed E-state index contributed by atoms with van der Waals surface area (Å²) in [7, 11) is 0. The van der Waals surface area contributed by atoms with Crippen molar-refractivity contribution in [3.05, 3.63) is 65.5 Å². The van der Waals surface area contributed by atoms with E-state index in [-0.39, 0.29) is 30.1 Å². The van der Waals surface area contributed by atoms with Crippen molar-refractivity contribution in [2.24, 2.45) is 5.92 Å². The number of hydrogen-bond donors (Lipinski definition) is 0. The fourth-order valence-electron chi connectivity index (χ4n) is 4.18. The smallest absolute Gasteiger partial charge is 0.309 e. The van der Waals surface area contributed by atoms with Crippen LogP contribution in [0.1, 0.15) is 46.4 Å². The third kappa shape index (κ3) is 5.27. The Labute approximate surface area is 191 Å². The number of Topliss-reactive ketones (excluding diaryl/α,β-unsaturated/α-hetero) is 1. The zero-order valence-corrected chi connectivity index (χ0v) is 18.2. The van der Waals surface area contributed by atoms with Gasteiger partial charge in [-0.25, -0.2) is 4.39 Å². The molecule has 0 aliphatic carbocycles. The Morgan fingerprint density at radius 3 is 2.15 bits per heavy atom. The monoisotopic (exact) mass is 452 g/mol. The van der Waals surface area contributed by atoms with E-state index in [0.29, 0.717) is 50.0 Å². The van der Waals surface area contributed by atoms with Gasteiger partial charge in [-0.05, 0) is 67.8 Å². The predicted molar refractivity (Wildman–Crippen MR) is 118 cm³/mol. The summed E-state index contributed by atoms with van der Waals surface area (Å²) in [4.78, 5) is 52.5. The third-order valence-corrected chi connectivity index (χ3v) is 6.13. The average molecular weight is 452 g/mol. The van der Waals surface area contributed by atoms with Crippen LogP contribution in [0, 0.1) is 11.7 Å². The number of benzene rings is 2. The molecule has 33 heavy (non-hydrogen) atoms. The second-order valence-corrected chi connectivity index (χ2v) is 8.30. The van der Waals surface area contributed by atoms with Gasteiger partial charge in [0.1, 0.15) is 5.82 Å². The maximum Gasteiger partial charge on any atom is 0.309 e. The number of esters is 1. The van der Waals surface area contributed by atoms with E-state index in [9.17, 15) is 23.6 Å². The van der Waals surface area contributed by atoms with Gasteiger partial charge >= 0.3 is 5.97 Å². The van der Waals surface area contributed by atoms with Crippen LogP contribution in [0.2, 0.25) is 0 Å². The molecule has 8 heteroatoms. The predicted octanol–water partition coefficient (Wildman–Crippen LogP) is 3.23. The summed E-state index contributed by atoms with van der Waals surface area (Å²) in [5, 5.41) is 0. The Morgan fingerprint density at radius 1 is 0.909 bits per heavy atom. The summed E-state index contributed by atoms with van der Waals surface area (Å²) < 4.78 is 18.3. The molecule has 2 heterocycles. The topological polar surface area (TPSA) is 84.0 Å². The van der Waals surface area contributed by atoms with Gasteiger partial charge in [-0.1, -0.05) is 0 Å². The van der Waals surface area contributed by atoms with Crippen LogP contribution in [0.5, 0.6) is 0 Å². The Hall–Kier alpha value is -3.55. The minimum Gasteiger partial charge on any atom is -0.457 e. The Balaban J connectivity index is 1.24. The molecule has 0 spiro atoms. The van der Waals surface area contributed by atoms with Crippen LogP contribution >= 0.6 is 0 Å². The first kappa shape index (κ1) is 22.6. The van der Waals surface area contributed by atoms with E-state index < -0.39 is 11.8 Å². The molecule has 2 aromatic rings. The van der Waals surface area contributed by atoms with Gasteiger partial charge in [-0.3, -0.25) is 19.2 Å². The van der Waals surface area contributed by atoms with Gasteiger partial charge in [-0.15, -0.1) is 0 Å². The molecular weight excluding hydrogens is 427 g/mol. The molecule has 0 bridgehead atoms. The maximum atomic E-state index is 13.1. The molecule has 2 amide bonds. The minimum absolute atomic E-state index is 0.0772. The van der Waals surface area contributed by atoms with Gasteiger partial charge in [0.05, 0.1) is 5.92 Å². The lowest BCUT2D eigenvalue weighted by Crippen LogP contribution is -2.40. The van der Waals surface area contributed by atoms with E-state index in [1.807, 2.05) is 0 Å². The molecule has 2 aliphatic heterocycles. The van der Waals surface area contributed by atoms with Gasteiger partial charge in [-0.2, -0.15) is 0 Å². The van der Waals surface area contributed by atoms with Crippen molar-refractivity contribution >= 4 is 29.3 Å². The number of halogens is 1. The highest BCUT2D eigenvalue weighted by atomic mass is 19.1. The molecule has 2 aliphatic rings. The summed E-state index contributed by atoms with van der Waals surface area (Å²) in [6.45, 7) is 1.11. The first-order chi connectivity index (χ1) is 15.9. The number of ketones is 1. The molecule has 0 radical (unpaired) electrons. The number of piperidine rings is 1. The number of nitrogens with zero attached hydrogens (tertiary/aromatic N) is 2. The summed E-state index contributed by atoms with van der Waals surface area (Å²) in [6, 6.07) is 12.1. The molecule has 0 atom stereocenters. The zero-order chi connectivity index (χ0) is 23.4. The highest BCUT2D eigenvalue weighted by Gasteiger charge is 2.29. The summed E-state index contributed by atoms with van der Waals surface area (Å²) >= 11 is 0. The van der Waals surface area contributed by atoms with Crippen LogP contribution in [0.25, 0.3) is 0 Å². The Bertz CT molecular complexity index is 1040. The molecule has 2 aromatic carbocycles. The SMILES string of the molecule is O=C(COC(=O)C1CCN(C(=O)c2ccc(F)cc2)CC1)c1ccc(N2CCCC2=O)cc1. The quantitative estimate of drug-likeness (QED) is 0.496. The zero-order valence-electron chi connectivity index (χ0n) is 18.2. The van der Waals surface area contributed by atoms with Gasteiger partial charge in [0, 0.05) is 42.9 Å². The van der Waals surface area contributed by atoms with Crippen LogP contribution < -0.4 is 4.90 Å². The normalized spacial score (nSPS) is 16.7. The number of likely N-dealkylation sites (tertiary alicyclic amines) is 1. The lowest BCUT2D eigenvalue weighted by Gasteiger charge is -2.31. The van der Waals surface area contributed by atoms with Crippen molar-refractivity contribution in [2.75, 3.05) is 31.1 Å². The molecule has 2 saturated heterocycles. The second-order valence-electron chi connectivity index (χ2n) is 8.30.